The lowest BCUT2D eigenvalue weighted by molar-refractivity contribution is -0.117. The standard InChI is InChI=1S/C19H22N2O/c1-15-8-10-16(11-9-15)13-20-14-19(22)21-12-4-6-17-5-2-3-7-18(17)21/h2-3,5,7-11,20H,4,6,12-14H2,1H3. The molecule has 2 aromatic rings. The van der Waals surface area contributed by atoms with Crippen LogP contribution in [0.4, 0.5) is 5.69 Å². The number of nitrogens with one attached hydrogen (secondary N) is 1. The van der Waals surface area contributed by atoms with E-state index < -0.39 is 0 Å². The maximum absolute atomic E-state index is 12.5. The van der Waals surface area contributed by atoms with Gasteiger partial charge in [0.15, 0.2) is 0 Å². The normalized spacial score (nSPS) is 13.8. The number of hydrogen-bond donors (Lipinski definition) is 1. The Bertz CT molecular complexity index is 649. The largest absolute Gasteiger partial charge is 0.311 e. The summed E-state index contributed by atoms with van der Waals surface area (Å²) in [5.74, 6) is 0.152. The number of para-hydroxylation sites is 1. The molecule has 3 rings (SSSR count). The van der Waals surface area contributed by atoms with Crippen molar-refractivity contribution in [1.82, 2.24) is 5.32 Å². The lowest BCUT2D eigenvalue weighted by atomic mass is 10.0. The van der Waals surface area contributed by atoms with Crippen molar-refractivity contribution in [3.63, 3.8) is 0 Å². The smallest absolute Gasteiger partial charge is 0.240 e. The summed E-state index contributed by atoms with van der Waals surface area (Å²) >= 11 is 0. The second-order valence-electron chi connectivity index (χ2n) is 5.87. The number of rotatable bonds is 4. The summed E-state index contributed by atoms with van der Waals surface area (Å²) in [6.45, 7) is 4.00. The van der Waals surface area contributed by atoms with E-state index in [-0.39, 0.29) is 5.91 Å². The van der Waals surface area contributed by atoms with Gasteiger partial charge >= 0.3 is 0 Å². The van der Waals surface area contributed by atoms with Gasteiger partial charge in [0, 0.05) is 18.8 Å². The number of amides is 1. The van der Waals surface area contributed by atoms with Crippen molar-refractivity contribution in [1.29, 1.82) is 0 Å². The highest BCUT2D eigenvalue weighted by Gasteiger charge is 2.21. The van der Waals surface area contributed by atoms with Crippen LogP contribution in [-0.2, 0) is 17.8 Å². The first-order valence-corrected chi connectivity index (χ1v) is 7.88. The highest BCUT2D eigenvalue weighted by Crippen LogP contribution is 2.26. The zero-order valence-electron chi connectivity index (χ0n) is 13.0. The van der Waals surface area contributed by atoms with Crippen LogP contribution in [0.5, 0.6) is 0 Å². The lowest BCUT2D eigenvalue weighted by Crippen LogP contribution is -2.41. The number of nitrogens with zero attached hydrogens (tertiary/aromatic N) is 1. The summed E-state index contributed by atoms with van der Waals surface area (Å²) in [6.07, 6.45) is 2.11. The minimum absolute atomic E-state index is 0.152. The van der Waals surface area contributed by atoms with Crippen LogP contribution in [0.2, 0.25) is 0 Å². The van der Waals surface area contributed by atoms with Crippen molar-refractivity contribution < 1.29 is 4.79 Å². The SMILES string of the molecule is Cc1ccc(CNCC(=O)N2CCCc3ccccc32)cc1. The molecule has 1 amide bonds. The first-order chi connectivity index (χ1) is 10.7. The van der Waals surface area contributed by atoms with E-state index in [1.807, 2.05) is 23.1 Å². The molecule has 3 nitrogen and oxygen atoms in total. The van der Waals surface area contributed by atoms with Gasteiger partial charge in [-0.25, -0.2) is 0 Å². The van der Waals surface area contributed by atoms with Crippen LogP contribution in [0.15, 0.2) is 48.5 Å². The van der Waals surface area contributed by atoms with Crippen LogP contribution in [0.25, 0.3) is 0 Å². The third-order valence-electron chi connectivity index (χ3n) is 4.14. The fraction of sp³-hybridized carbons (Fsp3) is 0.316. The molecule has 1 N–H and O–H groups in total. The van der Waals surface area contributed by atoms with Crippen molar-refractivity contribution in [3.05, 3.63) is 65.2 Å². The predicted molar refractivity (Wildman–Crippen MR) is 90.0 cm³/mol. The van der Waals surface area contributed by atoms with Crippen LogP contribution in [0, 0.1) is 6.92 Å². The molecule has 22 heavy (non-hydrogen) atoms. The Labute approximate surface area is 132 Å². The number of carbonyl (C=O) groups excluding carboxylic acids is 1. The molecule has 0 bridgehead atoms. The monoisotopic (exact) mass is 294 g/mol. The van der Waals surface area contributed by atoms with Crippen LogP contribution < -0.4 is 10.2 Å². The molecule has 0 spiro atoms. The Balaban J connectivity index is 1.58. The molecule has 0 radical (unpaired) electrons. The minimum atomic E-state index is 0.152. The molecule has 0 atom stereocenters. The predicted octanol–water partition coefficient (Wildman–Crippen LogP) is 3.06. The van der Waals surface area contributed by atoms with Gasteiger partial charge in [0.25, 0.3) is 0 Å². The first kappa shape index (κ1) is 14.8. The van der Waals surface area contributed by atoms with Gasteiger partial charge in [-0.05, 0) is 37.0 Å². The second kappa shape index (κ2) is 6.75. The van der Waals surface area contributed by atoms with Crippen molar-refractivity contribution in [3.8, 4) is 0 Å². The van der Waals surface area contributed by atoms with Gasteiger partial charge in [0.2, 0.25) is 5.91 Å². The molecule has 0 aliphatic carbocycles. The van der Waals surface area contributed by atoms with Crippen molar-refractivity contribution >= 4 is 11.6 Å². The molecule has 114 valence electrons. The highest BCUT2D eigenvalue weighted by molar-refractivity contribution is 5.95. The first-order valence-electron chi connectivity index (χ1n) is 7.88. The van der Waals surface area contributed by atoms with Gasteiger partial charge in [-0.1, -0.05) is 48.0 Å². The Morgan fingerprint density at radius 3 is 2.73 bits per heavy atom. The van der Waals surface area contributed by atoms with Crippen LogP contribution in [-0.4, -0.2) is 19.0 Å². The quantitative estimate of drug-likeness (QED) is 0.940. The van der Waals surface area contributed by atoms with Crippen LogP contribution in [0.3, 0.4) is 0 Å². The molecule has 2 aromatic carbocycles. The van der Waals surface area contributed by atoms with E-state index in [1.165, 1.54) is 16.7 Å². The van der Waals surface area contributed by atoms with Gasteiger partial charge in [-0.3, -0.25) is 4.79 Å². The lowest BCUT2D eigenvalue weighted by Gasteiger charge is -2.29. The van der Waals surface area contributed by atoms with Crippen molar-refractivity contribution in [2.75, 3.05) is 18.0 Å². The van der Waals surface area contributed by atoms with E-state index in [1.54, 1.807) is 0 Å². The van der Waals surface area contributed by atoms with Gasteiger partial charge < -0.3 is 10.2 Å². The average molecular weight is 294 g/mol. The Hall–Kier alpha value is -2.13. The summed E-state index contributed by atoms with van der Waals surface area (Å²) in [6, 6.07) is 16.6. The van der Waals surface area contributed by atoms with E-state index in [4.69, 9.17) is 0 Å². The van der Waals surface area contributed by atoms with Gasteiger partial charge in [0.1, 0.15) is 0 Å². The molecular formula is C19H22N2O. The molecular weight excluding hydrogens is 272 g/mol. The maximum atomic E-state index is 12.5. The maximum Gasteiger partial charge on any atom is 0.240 e. The van der Waals surface area contributed by atoms with Crippen LogP contribution in [0.1, 0.15) is 23.1 Å². The summed E-state index contributed by atoms with van der Waals surface area (Å²) in [4.78, 5) is 14.4. The molecule has 0 aromatic heterocycles. The van der Waals surface area contributed by atoms with Gasteiger partial charge in [-0.2, -0.15) is 0 Å². The van der Waals surface area contributed by atoms with Gasteiger partial charge in [-0.15, -0.1) is 0 Å². The topological polar surface area (TPSA) is 32.3 Å². The fourth-order valence-corrected chi connectivity index (χ4v) is 2.91. The van der Waals surface area contributed by atoms with E-state index in [9.17, 15) is 4.79 Å². The molecule has 0 fully saturated rings. The van der Waals surface area contributed by atoms with E-state index in [2.05, 4.69) is 42.6 Å². The number of anilines is 1. The molecule has 0 unspecified atom stereocenters. The number of hydrogen-bond acceptors (Lipinski definition) is 2. The van der Waals surface area contributed by atoms with Crippen molar-refractivity contribution in [2.45, 2.75) is 26.3 Å². The van der Waals surface area contributed by atoms with E-state index >= 15 is 0 Å². The Morgan fingerprint density at radius 1 is 1.14 bits per heavy atom. The number of fused-ring (bicyclic) bond motifs is 1. The zero-order valence-corrected chi connectivity index (χ0v) is 13.0. The molecule has 1 aliphatic heterocycles. The van der Waals surface area contributed by atoms with Crippen molar-refractivity contribution in [2.24, 2.45) is 0 Å². The van der Waals surface area contributed by atoms with E-state index in [0.29, 0.717) is 6.54 Å². The Morgan fingerprint density at radius 2 is 1.91 bits per heavy atom. The molecule has 1 aliphatic rings. The average Bonchev–Trinajstić information content (AvgIpc) is 2.56. The molecule has 1 heterocycles. The summed E-state index contributed by atoms with van der Waals surface area (Å²) in [5, 5.41) is 3.26. The molecule has 0 saturated carbocycles. The molecule has 3 heteroatoms. The number of carbonyl (C=O) groups is 1. The number of aryl methyl sites for hydroxylation is 2. The Kier molecular flexibility index (Phi) is 4.54. The highest BCUT2D eigenvalue weighted by atomic mass is 16.2. The summed E-state index contributed by atoms with van der Waals surface area (Å²) in [7, 11) is 0. The third-order valence-corrected chi connectivity index (χ3v) is 4.14. The number of benzene rings is 2. The third kappa shape index (κ3) is 3.37. The van der Waals surface area contributed by atoms with Gasteiger partial charge in [0.05, 0.1) is 6.54 Å². The summed E-state index contributed by atoms with van der Waals surface area (Å²) in [5.41, 5.74) is 4.82. The van der Waals surface area contributed by atoms with Crippen LogP contribution >= 0.6 is 0 Å². The van der Waals surface area contributed by atoms with E-state index in [0.717, 1.165) is 31.6 Å². The zero-order chi connectivity index (χ0) is 15.4. The minimum Gasteiger partial charge on any atom is -0.311 e. The summed E-state index contributed by atoms with van der Waals surface area (Å²) < 4.78 is 0. The molecule has 0 saturated heterocycles. The second-order valence-corrected chi connectivity index (χ2v) is 5.87. The fourth-order valence-electron chi connectivity index (χ4n) is 2.91.